The zero-order valence-electron chi connectivity index (χ0n) is 9.48. The van der Waals surface area contributed by atoms with E-state index in [1.165, 1.54) is 0 Å². The molecule has 0 atom stereocenters. The third-order valence-corrected chi connectivity index (χ3v) is 2.83. The predicted molar refractivity (Wildman–Crippen MR) is 71.1 cm³/mol. The molecule has 2 rings (SSSR count). The van der Waals surface area contributed by atoms with Gasteiger partial charge in [0, 0.05) is 34.5 Å². The normalized spacial score (nSPS) is 10.3. The molecule has 0 aliphatic rings. The Morgan fingerprint density at radius 2 is 2.12 bits per heavy atom. The van der Waals surface area contributed by atoms with E-state index in [0.717, 1.165) is 27.2 Å². The number of rotatable bonds is 3. The monoisotopic (exact) mass is 292 g/mol. The van der Waals surface area contributed by atoms with E-state index >= 15 is 0 Å². The standard InChI is InChI=1S/C13H13BrN2O/c1-9-6-12(4-5-16-9)17-13-3-2-11(14)7-10(13)8-15/h2-7H,8,15H2,1H3. The minimum absolute atomic E-state index is 0.443. The quantitative estimate of drug-likeness (QED) is 0.943. The van der Waals surface area contributed by atoms with Crippen LogP contribution in [0.1, 0.15) is 11.3 Å². The highest BCUT2D eigenvalue weighted by molar-refractivity contribution is 9.10. The fraction of sp³-hybridized carbons (Fsp3) is 0.154. The Morgan fingerprint density at radius 3 is 2.82 bits per heavy atom. The number of nitrogens with zero attached hydrogens (tertiary/aromatic N) is 1. The Hall–Kier alpha value is -1.39. The highest BCUT2D eigenvalue weighted by Gasteiger charge is 2.04. The average Bonchev–Trinajstić information content (AvgIpc) is 2.31. The van der Waals surface area contributed by atoms with E-state index in [4.69, 9.17) is 10.5 Å². The maximum atomic E-state index is 5.80. The van der Waals surface area contributed by atoms with Crippen LogP contribution in [0.3, 0.4) is 0 Å². The van der Waals surface area contributed by atoms with Gasteiger partial charge in [0.05, 0.1) is 0 Å². The number of aromatic nitrogens is 1. The molecule has 0 amide bonds. The van der Waals surface area contributed by atoms with E-state index in [1.54, 1.807) is 6.20 Å². The summed E-state index contributed by atoms with van der Waals surface area (Å²) >= 11 is 3.41. The number of benzene rings is 1. The van der Waals surface area contributed by atoms with Gasteiger partial charge in [0.2, 0.25) is 0 Å². The van der Waals surface area contributed by atoms with Gasteiger partial charge in [-0.1, -0.05) is 15.9 Å². The predicted octanol–water partition coefficient (Wildman–Crippen LogP) is 3.40. The molecule has 17 heavy (non-hydrogen) atoms. The summed E-state index contributed by atoms with van der Waals surface area (Å²) in [6, 6.07) is 9.52. The van der Waals surface area contributed by atoms with E-state index in [-0.39, 0.29) is 0 Å². The fourth-order valence-corrected chi connectivity index (χ4v) is 1.93. The SMILES string of the molecule is Cc1cc(Oc2ccc(Br)cc2CN)ccn1. The maximum Gasteiger partial charge on any atom is 0.131 e. The molecule has 0 unspecified atom stereocenters. The average molecular weight is 293 g/mol. The molecule has 2 aromatic rings. The molecule has 0 bridgehead atoms. The van der Waals surface area contributed by atoms with Gasteiger partial charge in [0.25, 0.3) is 0 Å². The second-order valence-corrected chi connectivity index (χ2v) is 4.61. The van der Waals surface area contributed by atoms with Crippen molar-refractivity contribution in [1.29, 1.82) is 0 Å². The van der Waals surface area contributed by atoms with Gasteiger partial charge < -0.3 is 10.5 Å². The molecule has 2 N–H and O–H groups in total. The van der Waals surface area contributed by atoms with Crippen LogP contribution >= 0.6 is 15.9 Å². The molecule has 1 heterocycles. The lowest BCUT2D eigenvalue weighted by Crippen LogP contribution is -1.99. The Labute approximate surface area is 109 Å². The van der Waals surface area contributed by atoms with E-state index in [1.807, 2.05) is 37.3 Å². The number of nitrogens with two attached hydrogens (primary N) is 1. The molecule has 3 nitrogen and oxygen atoms in total. The van der Waals surface area contributed by atoms with Gasteiger partial charge in [-0.2, -0.15) is 0 Å². The van der Waals surface area contributed by atoms with E-state index < -0.39 is 0 Å². The summed E-state index contributed by atoms with van der Waals surface area (Å²) < 4.78 is 6.79. The van der Waals surface area contributed by atoms with Crippen molar-refractivity contribution in [3.05, 3.63) is 52.3 Å². The molecule has 1 aromatic heterocycles. The van der Waals surface area contributed by atoms with Crippen LogP contribution in [-0.4, -0.2) is 4.98 Å². The lowest BCUT2D eigenvalue weighted by atomic mass is 10.2. The van der Waals surface area contributed by atoms with Crippen molar-refractivity contribution in [2.75, 3.05) is 0 Å². The molecule has 0 spiro atoms. The van der Waals surface area contributed by atoms with Crippen LogP contribution in [0, 0.1) is 6.92 Å². The van der Waals surface area contributed by atoms with Crippen LogP contribution in [0.25, 0.3) is 0 Å². The lowest BCUT2D eigenvalue weighted by molar-refractivity contribution is 0.475. The minimum atomic E-state index is 0.443. The molecule has 0 saturated heterocycles. The van der Waals surface area contributed by atoms with E-state index in [9.17, 15) is 0 Å². The third-order valence-electron chi connectivity index (χ3n) is 2.34. The summed E-state index contributed by atoms with van der Waals surface area (Å²) in [5, 5.41) is 0. The molecular formula is C13H13BrN2O. The summed E-state index contributed by atoms with van der Waals surface area (Å²) in [7, 11) is 0. The second kappa shape index (κ2) is 5.29. The first kappa shape index (κ1) is 12.1. The number of hydrogen-bond donors (Lipinski definition) is 1. The first-order valence-electron chi connectivity index (χ1n) is 5.28. The number of halogens is 1. The van der Waals surface area contributed by atoms with Crippen LogP contribution in [0.2, 0.25) is 0 Å². The van der Waals surface area contributed by atoms with Crippen LogP contribution in [0.4, 0.5) is 0 Å². The van der Waals surface area contributed by atoms with E-state index in [0.29, 0.717) is 6.54 Å². The van der Waals surface area contributed by atoms with Gasteiger partial charge >= 0.3 is 0 Å². The van der Waals surface area contributed by atoms with Crippen LogP contribution in [0.5, 0.6) is 11.5 Å². The lowest BCUT2D eigenvalue weighted by Gasteiger charge is -2.10. The number of ether oxygens (including phenoxy) is 1. The Balaban J connectivity index is 2.29. The van der Waals surface area contributed by atoms with Gasteiger partial charge in [-0.15, -0.1) is 0 Å². The number of pyridine rings is 1. The Bertz CT molecular complexity index is 529. The molecule has 1 aromatic carbocycles. The molecule has 0 saturated carbocycles. The summed E-state index contributed by atoms with van der Waals surface area (Å²) in [5.41, 5.74) is 7.58. The van der Waals surface area contributed by atoms with Crippen molar-refractivity contribution in [3.63, 3.8) is 0 Å². The molecule has 4 heteroatoms. The summed E-state index contributed by atoms with van der Waals surface area (Å²) in [5.74, 6) is 1.55. The summed E-state index contributed by atoms with van der Waals surface area (Å²) in [6.45, 7) is 2.37. The van der Waals surface area contributed by atoms with Crippen molar-refractivity contribution >= 4 is 15.9 Å². The van der Waals surface area contributed by atoms with Crippen LogP contribution in [0.15, 0.2) is 41.0 Å². The van der Waals surface area contributed by atoms with Gasteiger partial charge in [0.1, 0.15) is 11.5 Å². The molecule has 0 fully saturated rings. The molecule has 0 radical (unpaired) electrons. The van der Waals surface area contributed by atoms with Gasteiger partial charge in [-0.3, -0.25) is 4.98 Å². The first-order valence-corrected chi connectivity index (χ1v) is 6.07. The van der Waals surface area contributed by atoms with Gasteiger partial charge in [-0.25, -0.2) is 0 Å². The minimum Gasteiger partial charge on any atom is -0.457 e. The highest BCUT2D eigenvalue weighted by atomic mass is 79.9. The third kappa shape index (κ3) is 3.05. The van der Waals surface area contributed by atoms with Gasteiger partial charge in [0.15, 0.2) is 0 Å². The smallest absolute Gasteiger partial charge is 0.131 e. The Kier molecular flexibility index (Phi) is 3.76. The van der Waals surface area contributed by atoms with Crippen LogP contribution < -0.4 is 10.5 Å². The summed E-state index contributed by atoms with van der Waals surface area (Å²) in [4.78, 5) is 4.13. The van der Waals surface area contributed by atoms with Crippen molar-refractivity contribution in [2.45, 2.75) is 13.5 Å². The van der Waals surface area contributed by atoms with Crippen molar-refractivity contribution in [1.82, 2.24) is 4.98 Å². The fourth-order valence-electron chi connectivity index (χ4n) is 1.52. The second-order valence-electron chi connectivity index (χ2n) is 3.69. The molecule has 88 valence electrons. The largest absolute Gasteiger partial charge is 0.457 e. The first-order chi connectivity index (χ1) is 8.19. The molecule has 0 aliphatic carbocycles. The van der Waals surface area contributed by atoms with E-state index in [2.05, 4.69) is 20.9 Å². The maximum absolute atomic E-state index is 5.80. The zero-order valence-corrected chi connectivity index (χ0v) is 11.1. The van der Waals surface area contributed by atoms with Crippen molar-refractivity contribution < 1.29 is 4.74 Å². The molecular weight excluding hydrogens is 280 g/mol. The van der Waals surface area contributed by atoms with Crippen LogP contribution in [-0.2, 0) is 6.54 Å². The van der Waals surface area contributed by atoms with Gasteiger partial charge in [-0.05, 0) is 31.2 Å². The van der Waals surface area contributed by atoms with Crippen molar-refractivity contribution in [3.8, 4) is 11.5 Å². The number of aryl methyl sites for hydroxylation is 1. The zero-order chi connectivity index (χ0) is 12.3. The van der Waals surface area contributed by atoms with Crippen molar-refractivity contribution in [2.24, 2.45) is 5.73 Å². The highest BCUT2D eigenvalue weighted by Crippen LogP contribution is 2.27. The molecule has 0 aliphatic heterocycles. The number of hydrogen-bond acceptors (Lipinski definition) is 3. The Morgan fingerprint density at radius 1 is 1.29 bits per heavy atom. The summed E-state index contributed by atoms with van der Waals surface area (Å²) in [6.07, 6.45) is 1.73. The topological polar surface area (TPSA) is 48.1 Å².